The van der Waals surface area contributed by atoms with E-state index in [4.69, 9.17) is 4.74 Å². The first-order valence-corrected chi connectivity index (χ1v) is 6.75. The summed E-state index contributed by atoms with van der Waals surface area (Å²) in [4.78, 5) is 0. The van der Waals surface area contributed by atoms with Crippen molar-refractivity contribution in [1.29, 1.82) is 0 Å². The fourth-order valence-electron chi connectivity index (χ4n) is 2.72. The molecule has 0 bridgehead atoms. The average molecular weight is 245 g/mol. The SMILES string of the molecule is C=CCC(C)NC1CCc2ccc(OC)cc2C1. The number of rotatable bonds is 5. The van der Waals surface area contributed by atoms with Gasteiger partial charge in [-0.3, -0.25) is 0 Å². The van der Waals surface area contributed by atoms with Crippen molar-refractivity contribution in [2.24, 2.45) is 0 Å². The topological polar surface area (TPSA) is 21.3 Å². The fourth-order valence-corrected chi connectivity index (χ4v) is 2.72. The predicted molar refractivity (Wildman–Crippen MR) is 76.2 cm³/mol. The molecule has 0 aliphatic heterocycles. The molecule has 1 aliphatic carbocycles. The second kappa shape index (κ2) is 6.05. The van der Waals surface area contributed by atoms with E-state index in [1.807, 2.05) is 6.08 Å². The van der Waals surface area contributed by atoms with Crippen LogP contribution in [0.15, 0.2) is 30.9 Å². The highest BCUT2D eigenvalue weighted by Gasteiger charge is 2.19. The highest BCUT2D eigenvalue weighted by Crippen LogP contribution is 2.25. The molecule has 1 N–H and O–H groups in total. The number of aryl methyl sites for hydroxylation is 1. The lowest BCUT2D eigenvalue weighted by Crippen LogP contribution is -2.40. The Kier molecular flexibility index (Phi) is 4.43. The lowest BCUT2D eigenvalue weighted by molar-refractivity contribution is 0.400. The van der Waals surface area contributed by atoms with Crippen LogP contribution in [0.1, 0.15) is 30.9 Å². The summed E-state index contributed by atoms with van der Waals surface area (Å²) in [7, 11) is 1.73. The third-order valence-electron chi connectivity index (χ3n) is 3.68. The Bertz CT molecular complexity index is 414. The summed E-state index contributed by atoms with van der Waals surface area (Å²) >= 11 is 0. The van der Waals surface area contributed by atoms with Crippen molar-refractivity contribution in [2.75, 3.05) is 7.11 Å². The Morgan fingerprint density at radius 2 is 2.33 bits per heavy atom. The summed E-state index contributed by atoms with van der Waals surface area (Å²) in [6, 6.07) is 7.55. The minimum atomic E-state index is 0.514. The lowest BCUT2D eigenvalue weighted by atomic mass is 9.87. The maximum atomic E-state index is 5.30. The van der Waals surface area contributed by atoms with Crippen LogP contribution in [-0.2, 0) is 12.8 Å². The third kappa shape index (κ3) is 3.14. The van der Waals surface area contributed by atoms with Crippen LogP contribution in [0.3, 0.4) is 0 Å². The number of nitrogens with one attached hydrogen (secondary N) is 1. The molecular weight excluding hydrogens is 222 g/mol. The lowest BCUT2D eigenvalue weighted by Gasteiger charge is -2.28. The number of hydrogen-bond donors (Lipinski definition) is 1. The summed E-state index contributed by atoms with van der Waals surface area (Å²) in [5.41, 5.74) is 2.91. The van der Waals surface area contributed by atoms with Gasteiger partial charge >= 0.3 is 0 Å². The molecule has 2 nitrogen and oxygen atoms in total. The molecule has 2 rings (SSSR count). The summed E-state index contributed by atoms with van der Waals surface area (Å²) in [6.45, 7) is 6.02. The first kappa shape index (κ1) is 13.2. The van der Waals surface area contributed by atoms with E-state index < -0.39 is 0 Å². The maximum absolute atomic E-state index is 5.30. The van der Waals surface area contributed by atoms with Crippen molar-refractivity contribution < 1.29 is 4.74 Å². The van der Waals surface area contributed by atoms with Crippen LogP contribution in [0.2, 0.25) is 0 Å². The molecule has 1 aliphatic rings. The molecule has 1 aromatic carbocycles. The van der Waals surface area contributed by atoms with Crippen LogP contribution >= 0.6 is 0 Å². The standard InChI is InChI=1S/C16H23NO/c1-4-5-12(2)17-15-8-6-13-7-9-16(18-3)11-14(13)10-15/h4,7,9,11-12,15,17H,1,5-6,8,10H2,2-3H3. The minimum Gasteiger partial charge on any atom is -0.497 e. The molecule has 0 radical (unpaired) electrons. The summed E-state index contributed by atoms with van der Waals surface area (Å²) in [6.07, 6.45) is 6.51. The highest BCUT2D eigenvalue weighted by atomic mass is 16.5. The van der Waals surface area contributed by atoms with Crippen LogP contribution in [0.5, 0.6) is 5.75 Å². The molecule has 0 spiro atoms. The van der Waals surface area contributed by atoms with Gasteiger partial charge < -0.3 is 10.1 Å². The first-order valence-electron chi connectivity index (χ1n) is 6.75. The summed E-state index contributed by atoms with van der Waals surface area (Å²) in [5.74, 6) is 0.966. The molecule has 2 heteroatoms. The van der Waals surface area contributed by atoms with Gasteiger partial charge in [-0.15, -0.1) is 6.58 Å². The normalized spacial score (nSPS) is 20.0. The van der Waals surface area contributed by atoms with Gasteiger partial charge in [-0.2, -0.15) is 0 Å². The van der Waals surface area contributed by atoms with Crippen molar-refractivity contribution in [1.82, 2.24) is 5.32 Å². The van der Waals surface area contributed by atoms with Crippen molar-refractivity contribution in [3.63, 3.8) is 0 Å². The Balaban J connectivity index is 2.01. The average Bonchev–Trinajstić information content (AvgIpc) is 2.38. The van der Waals surface area contributed by atoms with Gasteiger partial charge in [0.05, 0.1) is 7.11 Å². The smallest absolute Gasteiger partial charge is 0.119 e. The van der Waals surface area contributed by atoms with Gasteiger partial charge in [0.1, 0.15) is 5.75 Å². The number of methoxy groups -OCH3 is 1. The molecule has 2 atom stereocenters. The van der Waals surface area contributed by atoms with Crippen molar-refractivity contribution >= 4 is 0 Å². The summed E-state index contributed by atoms with van der Waals surface area (Å²) < 4.78 is 5.30. The van der Waals surface area contributed by atoms with Gasteiger partial charge in [-0.05, 0) is 55.9 Å². The van der Waals surface area contributed by atoms with E-state index in [9.17, 15) is 0 Å². The molecule has 0 amide bonds. The largest absolute Gasteiger partial charge is 0.497 e. The monoisotopic (exact) mass is 245 g/mol. The van der Waals surface area contributed by atoms with Crippen LogP contribution in [0, 0.1) is 0 Å². The fraction of sp³-hybridized carbons (Fsp3) is 0.500. The molecule has 0 fully saturated rings. The zero-order chi connectivity index (χ0) is 13.0. The number of benzene rings is 1. The molecule has 0 aromatic heterocycles. The molecule has 0 saturated heterocycles. The van der Waals surface area contributed by atoms with Gasteiger partial charge in [0.2, 0.25) is 0 Å². The quantitative estimate of drug-likeness (QED) is 0.805. The number of ether oxygens (including phenoxy) is 1. The van der Waals surface area contributed by atoms with E-state index in [2.05, 4.69) is 37.0 Å². The van der Waals surface area contributed by atoms with Gasteiger partial charge in [-0.25, -0.2) is 0 Å². The van der Waals surface area contributed by atoms with Crippen LogP contribution in [0.25, 0.3) is 0 Å². The van der Waals surface area contributed by atoms with E-state index >= 15 is 0 Å². The van der Waals surface area contributed by atoms with E-state index in [0.717, 1.165) is 25.0 Å². The molecule has 0 saturated carbocycles. The first-order chi connectivity index (χ1) is 8.72. The second-order valence-corrected chi connectivity index (χ2v) is 5.17. The van der Waals surface area contributed by atoms with Gasteiger partial charge in [-0.1, -0.05) is 12.1 Å². The van der Waals surface area contributed by atoms with Crippen LogP contribution in [0.4, 0.5) is 0 Å². The van der Waals surface area contributed by atoms with Crippen molar-refractivity contribution in [3.8, 4) is 5.75 Å². The highest BCUT2D eigenvalue weighted by molar-refractivity contribution is 5.37. The van der Waals surface area contributed by atoms with Crippen molar-refractivity contribution in [3.05, 3.63) is 42.0 Å². The summed E-state index contributed by atoms with van der Waals surface area (Å²) in [5, 5.41) is 3.69. The molecule has 18 heavy (non-hydrogen) atoms. The Morgan fingerprint density at radius 1 is 1.50 bits per heavy atom. The third-order valence-corrected chi connectivity index (χ3v) is 3.68. The van der Waals surface area contributed by atoms with Gasteiger partial charge in [0.25, 0.3) is 0 Å². The van der Waals surface area contributed by atoms with E-state index in [0.29, 0.717) is 12.1 Å². The molecule has 2 unspecified atom stereocenters. The zero-order valence-corrected chi connectivity index (χ0v) is 11.4. The minimum absolute atomic E-state index is 0.514. The zero-order valence-electron chi connectivity index (χ0n) is 11.4. The second-order valence-electron chi connectivity index (χ2n) is 5.17. The number of hydrogen-bond acceptors (Lipinski definition) is 2. The van der Waals surface area contributed by atoms with Crippen LogP contribution in [-0.4, -0.2) is 19.2 Å². The van der Waals surface area contributed by atoms with Crippen molar-refractivity contribution in [2.45, 2.75) is 44.7 Å². The van der Waals surface area contributed by atoms with Gasteiger partial charge in [0.15, 0.2) is 0 Å². The van der Waals surface area contributed by atoms with Crippen LogP contribution < -0.4 is 10.1 Å². The van der Waals surface area contributed by atoms with E-state index in [-0.39, 0.29) is 0 Å². The van der Waals surface area contributed by atoms with Gasteiger partial charge in [0, 0.05) is 12.1 Å². The Morgan fingerprint density at radius 3 is 3.06 bits per heavy atom. The molecular formula is C16H23NO. The van der Waals surface area contributed by atoms with E-state index in [1.165, 1.54) is 17.5 Å². The molecule has 98 valence electrons. The Hall–Kier alpha value is -1.28. The Labute approximate surface area is 110 Å². The molecule has 1 aromatic rings. The predicted octanol–water partition coefficient (Wildman–Crippen LogP) is 3.11. The van der Waals surface area contributed by atoms with E-state index in [1.54, 1.807) is 7.11 Å². The maximum Gasteiger partial charge on any atom is 0.119 e. The molecule has 0 heterocycles. The number of fused-ring (bicyclic) bond motifs is 1.